The second-order valence-corrected chi connectivity index (χ2v) is 12.3. The highest BCUT2D eigenvalue weighted by molar-refractivity contribution is 9.10. The molecule has 1 aliphatic heterocycles. The molecule has 4 heterocycles. The van der Waals surface area contributed by atoms with Crippen LogP contribution in [-0.2, 0) is 19.4 Å². The molecule has 0 spiro atoms. The van der Waals surface area contributed by atoms with E-state index in [0.29, 0.717) is 51.8 Å². The molecule has 0 saturated carbocycles. The minimum absolute atomic E-state index is 0.116. The number of hydrogen-bond acceptors (Lipinski definition) is 5. The summed E-state index contributed by atoms with van der Waals surface area (Å²) >= 11 is 9.72. The highest BCUT2D eigenvalue weighted by atomic mass is 79.9. The molecule has 7 rings (SSSR count). The van der Waals surface area contributed by atoms with Gasteiger partial charge in [0.25, 0.3) is 11.5 Å². The fraction of sp³-hybridized carbons (Fsp3) is 0.182. The van der Waals surface area contributed by atoms with Crippen molar-refractivity contribution < 1.29 is 4.79 Å². The van der Waals surface area contributed by atoms with Gasteiger partial charge in [0.1, 0.15) is 11.5 Å². The van der Waals surface area contributed by atoms with Crippen LogP contribution in [0.15, 0.2) is 88.3 Å². The number of carbonyl (C=O) groups is 1. The van der Waals surface area contributed by atoms with Crippen molar-refractivity contribution in [2.45, 2.75) is 39.3 Å². The number of benzene rings is 3. The normalized spacial score (nSPS) is 14.6. The number of hydrogen-bond donors (Lipinski definition) is 1. The quantitative estimate of drug-likeness (QED) is 0.237. The standard InChI is InChI=1S/C33H27BrClN7O2/c1-19-14-26-29(18-40(19)32(43)23-10-13-27(34)28(35)16-23)42-31(24(17-36-42)15-21-6-4-3-5-7-21)41(33(26)44)25-11-8-22(9-12-25)30-37-20(2)38-39-30/h3-13,16-17,19H,14-15,18H2,1-2H3,(H,37,38,39)/t19-/m1/s1. The summed E-state index contributed by atoms with van der Waals surface area (Å²) in [6, 6.07) is 22.7. The van der Waals surface area contributed by atoms with Crippen LogP contribution in [0.4, 0.5) is 0 Å². The number of H-pyrrole nitrogens is 1. The van der Waals surface area contributed by atoms with Crippen molar-refractivity contribution in [1.82, 2.24) is 34.3 Å². The van der Waals surface area contributed by atoms with Crippen LogP contribution in [0.5, 0.6) is 0 Å². The third kappa shape index (κ3) is 4.93. The molecular formula is C33H27BrClN7O2. The monoisotopic (exact) mass is 667 g/mol. The Morgan fingerprint density at radius 3 is 2.57 bits per heavy atom. The van der Waals surface area contributed by atoms with Crippen molar-refractivity contribution in [2.24, 2.45) is 0 Å². The van der Waals surface area contributed by atoms with E-state index >= 15 is 0 Å². The lowest BCUT2D eigenvalue weighted by atomic mass is 9.98. The van der Waals surface area contributed by atoms with Crippen molar-refractivity contribution in [3.63, 3.8) is 0 Å². The molecule has 0 radical (unpaired) electrons. The highest BCUT2D eigenvalue weighted by Crippen LogP contribution is 2.29. The molecule has 1 amide bonds. The molecule has 9 nitrogen and oxygen atoms in total. The predicted octanol–water partition coefficient (Wildman–Crippen LogP) is 6.17. The van der Waals surface area contributed by atoms with Crippen LogP contribution in [0.3, 0.4) is 0 Å². The molecule has 220 valence electrons. The predicted molar refractivity (Wildman–Crippen MR) is 172 cm³/mol. The molecular weight excluding hydrogens is 642 g/mol. The molecule has 6 aromatic rings. The van der Waals surface area contributed by atoms with E-state index in [1.54, 1.807) is 27.7 Å². The van der Waals surface area contributed by atoms with Gasteiger partial charge in [-0.05, 0) is 84.2 Å². The summed E-state index contributed by atoms with van der Waals surface area (Å²) < 4.78 is 4.30. The maximum Gasteiger partial charge on any atom is 0.261 e. The summed E-state index contributed by atoms with van der Waals surface area (Å²) in [4.78, 5) is 34.4. The Hall–Kier alpha value is -4.54. The van der Waals surface area contributed by atoms with Gasteiger partial charge in [-0.25, -0.2) is 9.50 Å². The maximum atomic E-state index is 14.4. The van der Waals surface area contributed by atoms with Crippen LogP contribution >= 0.6 is 27.5 Å². The summed E-state index contributed by atoms with van der Waals surface area (Å²) in [6.45, 7) is 4.06. The summed E-state index contributed by atoms with van der Waals surface area (Å²) in [5.74, 6) is 1.17. The first-order valence-corrected chi connectivity index (χ1v) is 15.4. The van der Waals surface area contributed by atoms with E-state index in [-0.39, 0.29) is 24.1 Å². The topological polar surface area (TPSA) is 101 Å². The lowest BCUT2D eigenvalue weighted by Crippen LogP contribution is -2.46. The lowest BCUT2D eigenvalue weighted by molar-refractivity contribution is 0.0651. The van der Waals surface area contributed by atoms with E-state index in [9.17, 15) is 9.59 Å². The van der Waals surface area contributed by atoms with Gasteiger partial charge in [-0.1, -0.05) is 41.9 Å². The van der Waals surface area contributed by atoms with Gasteiger partial charge in [0, 0.05) is 39.2 Å². The van der Waals surface area contributed by atoms with Gasteiger partial charge in [0.2, 0.25) is 0 Å². The number of rotatable bonds is 5. The van der Waals surface area contributed by atoms with Crippen LogP contribution in [0.2, 0.25) is 5.02 Å². The molecule has 11 heteroatoms. The number of fused-ring (bicyclic) bond motifs is 3. The smallest absolute Gasteiger partial charge is 0.261 e. The van der Waals surface area contributed by atoms with Crippen molar-refractivity contribution in [1.29, 1.82) is 0 Å². The maximum absolute atomic E-state index is 14.4. The number of aryl methyl sites for hydroxylation is 1. The molecule has 0 aliphatic carbocycles. The first kappa shape index (κ1) is 28.2. The minimum atomic E-state index is -0.216. The summed E-state index contributed by atoms with van der Waals surface area (Å²) in [5, 5.41) is 12.4. The van der Waals surface area contributed by atoms with Crippen molar-refractivity contribution in [3.8, 4) is 17.1 Å². The van der Waals surface area contributed by atoms with E-state index in [4.69, 9.17) is 16.7 Å². The Bertz CT molecular complexity index is 2100. The first-order valence-electron chi connectivity index (χ1n) is 14.2. The molecule has 0 unspecified atom stereocenters. The van der Waals surface area contributed by atoms with Crippen LogP contribution in [0.25, 0.3) is 22.7 Å². The molecule has 0 bridgehead atoms. The summed E-state index contributed by atoms with van der Waals surface area (Å²) in [7, 11) is 0. The van der Waals surface area contributed by atoms with Gasteiger partial charge in [0.15, 0.2) is 5.82 Å². The van der Waals surface area contributed by atoms with E-state index in [0.717, 1.165) is 27.0 Å². The van der Waals surface area contributed by atoms with Crippen LogP contribution in [0, 0.1) is 6.92 Å². The Morgan fingerprint density at radius 2 is 1.86 bits per heavy atom. The van der Waals surface area contributed by atoms with E-state index in [1.165, 1.54) is 0 Å². The van der Waals surface area contributed by atoms with Gasteiger partial charge in [0.05, 0.1) is 29.1 Å². The molecule has 1 atom stereocenters. The average Bonchev–Trinajstić information content (AvgIpc) is 3.65. The Labute approximate surface area is 266 Å². The summed E-state index contributed by atoms with van der Waals surface area (Å²) in [6.07, 6.45) is 2.80. The number of nitrogens with zero attached hydrogens (tertiary/aromatic N) is 6. The average molecular weight is 669 g/mol. The molecule has 1 N–H and O–H groups in total. The zero-order valence-corrected chi connectivity index (χ0v) is 26.3. The molecule has 1 aliphatic rings. The van der Waals surface area contributed by atoms with E-state index in [2.05, 4.69) is 43.2 Å². The fourth-order valence-corrected chi connectivity index (χ4v) is 6.29. The van der Waals surface area contributed by atoms with Gasteiger partial charge in [-0.2, -0.15) is 10.2 Å². The van der Waals surface area contributed by atoms with Gasteiger partial charge in [-0.15, -0.1) is 0 Å². The number of aromatic amines is 1. The fourth-order valence-electron chi connectivity index (χ4n) is 5.86. The van der Waals surface area contributed by atoms with E-state index in [1.807, 2.05) is 67.0 Å². The van der Waals surface area contributed by atoms with E-state index < -0.39 is 0 Å². The van der Waals surface area contributed by atoms with Crippen molar-refractivity contribution in [3.05, 3.63) is 133 Å². The van der Waals surface area contributed by atoms with Crippen LogP contribution in [-0.4, -0.2) is 46.2 Å². The zero-order valence-electron chi connectivity index (χ0n) is 24.0. The second-order valence-electron chi connectivity index (χ2n) is 11.0. The van der Waals surface area contributed by atoms with Gasteiger partial charge >= 0.3 is 0 Å². The second kappa shape index (κ2) is 11.2. The molecule has 3 aromatic carbocycles. The number of nitrogens with one attached hydrogen (secondary N) is 1. The highest BCUT2D eigenvalue weighted by Gasteiger charge is 2.33. The largest absolute Gasteiger partial charge is 0.330 e. The first-order chi connectivity index (χ1) is 21.3. The Morgan fingerprint density at radius 1 is 1.09 bits per heavy atom. The zero-order chi connectivity index (χ0) is 30.5. The SMILES string of the molecule is Cc1nc(-c2ccc(-n3c(=O)c4c(n5ncc(Cc6ccccc6)c35)CN(C(=O)c3ccc(Br)c(Cl)c3)[C@H](C)C4)cc2)n[nH]1. The van der Waals surface area contributed by atoms with Gasteiger partial charge in [-0.3, -0.25) is 19.3 Å². The third-order valence-corrected chi connectivity index (χ3v) is 9.32. The number of amides is 1. The van der Waals surface area contributed by atoms with Crippen LogP contribution < -0.4 is 5.56 Å². The number of aromatic nitrogens is 6. The molecule has 44 heavy (non-hydrogen) atoms. The molecule has 3 aromatic heterocycles. The Kier molecular flexibility index (Phi) is 7.18. The van der Waals surface area contributed by atoms with Crippen molar-refractivity contribution in [2.75, 3.05) is 0 Å². The van der Waals surface area contributed by atoms with Crippen LogP contribution in [0.1, 0.15) is 45.5 Å². The summed E-state index contributed by atoms with van der Waals surface area (Å²) in [5.41, 5.74) is 5.97. The molecule has 0 fully saturated rings. The number of halogens is 2. The van der Waals surface area contributed by atoms with Crippen molar-refractivity contribution >= 4 is 39.1 Å². The van der Waals surface area contributed by atoms with Gasteiger partial charge < -0.3 is 4.90 Å². The minimum Gasteiger partial charge on any atom is -0.330 e. The molecule has 0 saturated heterocycles. The third-order valence-electron chi connectivity index (χ3n) is 8.09. The lowest BCUT2D eigenvalue weighted by Gasteiger charge is -2.35. The number of carbonyl (C=O) groups excluding carboxylic acids is 1. The Balaban J connectivity index is 1.37.